The molecule has 4 rings (SSSR count). The van der Waals surface area contributed by atoms with Crippen LogP contribution < -0.4 is 0 Å². The highest BCUT2D eigenvalue weighted by molar-refractivity contribution is 5.94. The van der Waals surface area contributed by atoms with Crippen LogP contribution in [0.25, 0.3) is 17.1 Å². The molecule has 0 unspecified atom stereocenters. The number of nitrogens with zero attached hydrogens (tertiary/aromatic N) is 4. The van der Waals surface area contributed by atoms with Crippen LogP contribution in [0.2, 0.25) is 0 Å². The van der Waals surface area contributed by atoms with Gasteiger partial charge >= 0.3 is 0 Å². The molecule has 1 aliphatic heterocycles. The fourth-order valence-corrected chi connectivity index (χ4v) is 3.08. The summed E-state index contributed by atoms with van der Waals surface area (Å²) in [6.45, 7) is 2.38. The van der Waals surface area contributed by atoms with Gasteiger partial charge in [-0.15, -0.1) is 0 Å². The Kier molecular flexibility index (Phi) is 4.11. The molecule has 1 aromatic carbocycles. The van der Waals surface area contributed by atoms with Crippen LogP contribution in [0.1, 0.15) is 10.5 Å². The van der Waals surface area contributed by atoms with E-state index in [2.05, 4.69) is 0 Å². The van der Waals surface area contributed by atoms with Gasteiger partial charge in [0.25, 0.3) is 5.91 Å². The van der Waals surface area contributed by atoms with Crippen molar-refractivity contribution in [3.05, 3.63) is 60.4 Å². The van der Waals surface area contributed by atoms with E-state index in [-0.39, 0.29) is 5.91 Å². The second kappa shape index (κ2) is 6.57. The lowest BCUT2D eigenvalue weighted by atomic mass is 10.2. The first-order valence-electron chi connectivity index (χ1n) is 8.38. The SMILES string of the molecule is Cn1cccc1-c1cc(C(=O)N2CCOCC2)n(-c2ccccc2)n1. The molecule has 0 aliphatic carbocycles. The van der Waals surface area contributed by atoms with Crippen LogP contribution in [-0.2, 0) is 11.8 Å². The molecule has 0 radical (unpaired) electrons. The summed E-state index contributed by atoms with van der Waals surface area (Å²) in [6, 6.07) is 15.6. The van der Waals surface area contributed by atoms with E-state index in [1.807, 2.05) is 71.2 Å². The predicted octanol–water partition coefficient (Wildman–Crippen LogP) is 2.35. The van der Waals surface area contributed by atoms with Gasteiger partial charge in [-0.3, -0.25) is 4.79 Å². The van der Waals surface area contributed by atoms with E-state index in [9.17, 15) is 4.79 Å². The van der Waals surface area contributed by atoms with E-state index in [1.165, 1.54) is 0 Å². The Labute approximate surface area is 146 Å². The minimum absolute atomic E-state index is 0.0138. The Morgan fingerprint density at radius 2 is 1.84 bits per heavy atom. The number of aromatic nitrogens is 3. The first kappa shape index (κ1) is 15.7. The summed E-state index contributed by atoms with van der Waals surface area (Å²) in [5.74, 6) is -0.0138. The number of rotatable bonds is 3. The van der Waals surface area contributed by atoms with Gasteiger partial charge in [-0.1, -0.05) is 18.2 Å². The zero-order chi connectivity index (χ0) is 17.2. The van der Waals surface area contributed by atoms with Gasteiger partial charge in [-0.2, -0.15) is 5.10 Å². The van der Waals surface area contributed by atoms with E-state index in [4.69, 9.17) is 9.84 Å². The lowest BCUT2D eigenvalue weighted by Crippen LogP contribution is -2.41. The Morgan fingerprint density at radius 1 is 1.08 bits per heavy atom. The van der Waals surface area contributed by atoms with Crippen LogP contribution in [0, 0.1) is 0 Å². The Bertz CT molecular complexity index is 876. The molecule has 0 spiro atoms. The van der Waals surface area contributed by atoms with Crippen molar-refractivity contribution in [2.24, 2.45) is 7.05 Å². The third kappa shape index (κ3) is 2.96. The molecule has 1 aliphatic rings. The molecular weight excluding hydrogens is 316 g/mol. The van der Waals surface area contributed by atoms with Crippen LogP contribution in [0.3, 0.4) is 0 Å². The molecule has 6 nitrogen and oxygen atoms in total. The highest BCUT2D eigenvalue weighted by Crippen LogP contribution is 2.23. The number of aryl methyl sites for hydroxylation is 1. The van der Waals surface area contributed by atoms with Crippen molar-refractivity contribution in [2.45, 2.75) is 0 Å². The molecule has 0 saturated carbocycles. The number of carbonyl (C=O) groups is 1. The topological polar surface area (TPSA) is 52.3 Å². The summed E-state index contributed by atoms with van der Waals surface area (Å²) in [7, 11) is 1.97. The quantitative estimate of drug-likeness (QED) is 0.738. The van der Waals surface area contributed by atoms with Crippen LogP contribution in [0.15, 0.2) is 54.7 Å². The number of carbonyl (C=O) groups excluding carboxylic acids is 1. The third-order valence-electron chi connectivity index (χ3n) is 4.43. The zero-order valence-electron chi connectivity index (χ0n) is 14.1. The number of benzene rings is 1. The molecule has 2 aromatic heterocycles. The van der Waals surface area contributed by atoms with Crippen LogP contribution in [0.5, 0.6) is 0 Å². The van der Waals surface area contributed by atoms with Gasteiger partial charge in [0, 0.05) is 26.3 Å². The molecule has 1 saturated heterocycles. The number of ether oxygens (including phenoxy) is 1. The average Bonchev–Trinajstić information content (AvgIpc) is 3.28. The summed E-state index contributed by atoms with van der Waals surface area (Å²) in [4.78, 5) is 14.9. The van der Waals surface area contributed by atoms with Gasteiger partial charge in [0.15, 0.2) is 0 Å². The Hall–Kier alpha value is -2.86. The highest BCUT2D eigenvalue weighted by Gasteiger charge is 2.24. The van der Waals surface area contributed by atoms with E-state index < -0.39 is 0 Å². The second-order valence-electron chi connectivity index (χ2n) is 6.07. The molecule has 0 bridgehead atoms. The minimum Gasteiger partial charge on any atom is -0.378 e. The van der Waals surface area contributed by atoms with Gasteiger partial charge in [0.2, 0.25) is 0 Å². The maximum absolute atomic E-state index is 13.1. The van der Waals surface area contributed by atoms with Gasteiger partial charge in [-0.25, -0.2) is 4.68 Å². The first-order chi connectivity index (χ1) is 12.2. The van der Waals surface area contributed by atoms with Crippen LogP contribution in [0.4, 0.5) is 0 Å². The van der Waals surface area contributed by atoms with E-state index in [0.717, 1.165) is 17.1 Å². The molecule has 0 atom stereocenters. The Balaban J connectivity index is 1.79. The van der Waals surface area contributed by atoms with Gasteiger partial charge in [-0.05, 0) is 30.3 Å². The predicted molar refractivity (Wildman–Crippen MR) is 94.7 cm³/mol. The lowest BCUT2D eigenvalue weighted by molar-refractivity contribution is 0.0297. The molecule has 6 heteroatoms. The fraction of sp³-hybridized carbons (Fsp3) is 0.263. The lowest BCUT2D eigenvalue weighted by Gasteiger charge is -2.26. The van der Waals surface area contributed by atoms with Crippen molar-refractivity contribution in [1.82, 2.24) is 19.2 Å². The monoisotopic (exact) mass is 336 g/mol. The minimum atomic E-state index is -0.0138. The molecule has 0 N–H and O–H groups in total. The van der Waals surface area contributed by atoms with Crippen molar-refractivity contribution >= 4 is 5.91 Å². The summed E-state index contributed by atoms with van der Waals surface area (Å²) in [5, 5.41) is 4.72. The zero-order valence-corrected chi connectivity index (χ0v) is 14.1. The van der Waals surface area contributed by atoms with Crippen LogP contribution >= 0.6 is 0 Å². The molecule has 3 heterocycles. The van der Waals surface area contributed by atoms with Crippen LogP contribution in [-0.4, -0.2) is 51.5 Å². The molecule has 1 fully saturated rings. The summed E-state index contributed by atoms with van der Waals surface area (Å²) < 4.78 is 9.10. The van der Waals surface area contributed by atoms with Gasteiger partial charge < -0.3 is 14.2 Å². The molecule has 1 amide bonds. The van der Waals surface area contributed by atoms with Crippen molar-refractivity contribution in [2.75, 3.05) is 26.3 Å². The second-order valence-corrected chi connectivity index (χ2v) is 6.07. The maximum Gasteiger partial charge on any atom is 0.272 e. The van der Waals surface area contributed by atoms with E-state index in [1.54, 1.807) is 4.68 Å². The maximum atomic E-state index is 13.1. The van der Waals surface area contributed by atoms with E-state index >= 15 is 0 Å². The number of amides is 1. The fourth-order valence-electron chi connectivity index (χ4n) is 3.08. The van der Waals surface area contributed by atoms with Gasteiger partial charge in [0.05, 0.1) is 24.6 Å². The largest absolute Gasteiger partial charge is 0.378 e. The normalized spacial score (nSPS) is 14.7. The Morgan fingerprint density at radius 3 is 2.52 bits per heavy atom. The van der Waals surface area contributed by atoms with Crippen molar-refractivity contribution in [1.29, 1.82) is 0 Å². The number of para-hydroxylation sites is 1. The van der Waals surface area contributed by atoms with Gasteiger partial charge in [0.1, 0.15) is 11.4 Å². The first-order valence-corrected chi connectivity index (χ1v) is 8.38. The summed E-state index contributed by atoms with van der Waals surface area (Å²) in [5.41, 5.74) is 3.21. The number of hydrogen-bond donors (Lipinski definition) is 0. The smallest absolute Gasteiger partial charge is 0.272 e. The summed E-state index contributed by atoms with van der Waals surface area (Å²) >= 11 is 0. The van der Waals surface area contributed by atoms with Crippen molar-refractivity contribution in [3.8, 4) is 17.1 Å². The molecule has 3 aromatic rings. The molecule has 128 valence electrons. The summed E-state index contributed by atoms with van der Waals surface area (Å²) in [6.07, 6.45) is 1.97. The highest BCUT2D eigenvalue weighted by atomic mass is 16.5. The molecular formula is C19H20N4O2. The molecule has 25 heavy (non-hydrogen) atoms. The third-order valence-corrected chi connectivity index (χ3v) is 4.43. The number of hydrogen-bond acceptors (Lipinski definition) is 3. The standard InChI is InChI=1S/C19H20N4O2/c1-21-9-5-8-17(21)16-14-18(19(24)22-10-12-25-13-11-22)23(20-16)15-6-3-2-4-7-15/h2-9,14H,10-13H2,1H3. The number of morpholine rings is 1. The van der Waals surface area contributed by atoms with E-state index in [0.29, 0.717) is 32.0 Å². The van der Waals surface area contributed by atoms with Crippen molar-refractivity contribution < 1.29 is 9.53 Å². The average molecular weight is 336 g/mol. The van der Waals surface area contributed by atoms with Crippen molar-refractivity contribution in [3.63, 3.8) is 0 Å².